The Kier molecular flexibility index (Phi) is 6.76. The number of methoxy groups -OCH3 is 1. The number of sulfonamides is 1. The molecule has 0 saturated heterocycles. The van der Waals surface area contributed by atoms with Crippen LogP contribution in [-0.2, 0) is 10.0 Å². The van der Waals surface area contributed by atoms with Gasteiger partial charge in [-0.3, -0.25) is 4.79 Å². The van der Waals surface area contributed by atoms with E-state index in [-0.39, 0.29) is 23.4 Å². The highest BCUT2D eigenvalue weighted by Crippen LogP contribution is 2.23. The lowest BCUT2D eigenvalue weighted by molar-refractivity contribution is 0.0742. The van der Waals surface area contributed by atoms with E-state index in [1.807, 2.05) is 31.2 Å². The van der Waals surface area contributed by atoms with Gasteiger partial charge in [-0.1, -0.05) is 18.2 Å². The molecule has 1 atom stereocenters. The normalized spacial score (nSPS) is 12.3. The summed E-state index contributed by atoms with van der Waals surface area (Å²) in [5, 5.41) is 0. The van der Waals surface area contributed by atoms with Gasteiger partial charge in [0.05, 0.1) is 18.0 Å². The molecule has 0 radical (unpaired) electrons. The SMILES string of the molecule is C=CCNS(=O)(=O)c1ccc(C(=O)N(C)C(C)c2ccc(OC)cc2)cc1. The molecule has 0 bridgehead atoms. The van der Waals surface area contributed by atoms with E-state index >= 15 is 0 Å². The quantitative estimate of drug-likeness (QED) is 0.706. The van der Waals surface area contributed by atoms with E-state index in [9.17, 15) is 13.2 Å². The van der Waals surface area contributed by atoms with Gasteiger partial charge >= 0.3 is 0 Å². The molecule has 0 aliphatic carbocycles. The topological polar surface area (TPSA) is 75.7 Å². The molecule has 0 aliphatic rings. The summed E-state index contributed by atoms with van der Waals surface area (Å²) in [6.07, 6.45) is 1.46. The lowest BCUT2D eigenvalue weighted by atomic mass is 10.1. The molecule has 1 N–H and O–H groups in total. The Bertz CT molecular complexity index is 891. The third kappa shape index (κ3) is 4.96. The number of carbonyl (C=O) groups is 1. The Morgan fingerprint density at radius 1 is 1.19 bits per heavy atom. The molecule has 2 aromatic rings. The molecule has 7 heteroatoms. The number of nitrogens with zero attached hydrogens (tertiary/aromatic N) is 1. The first kappa shape index (κ1) is 20.7. The predicted molar refractivity (Wildman–Crippen MR) is 105 cm³/mol. The van der Waals surface area contributed by atoms with Crippen LogP contribution in [0.4, 0.5) is 0 Å². The maximum Gasteiger partial charge on any atom is 0.254 e. The van der Waals surface area contributed by atoms with Gasteiger partial charge in [-0.2, -0.15) is 0 Å². The highest BCUT2D eigenvalue weighted by Gasteiger charge is 2.20. The Morgan fingerprint density at radius 2 is 1.78 bits per heavy atom. The molecule has 6 nitrogen and oxygen atoms in total. The minimum Gasteiger partial charge on any atom is -0.497 e. The summed E-state index contributed by atoms with van der Waals surface area (Å²) in [7, 11) is -0.291. The van der Waals surface area contributed by atoms with Gasteiger partial charge in [0.1, 0.15) is 5.75 Å². The summed E-state index contributed by atoms with van der Waals surface area (Å²) >= 11 is 0. The third-order valence-corrected chi connectivity index (χ3v) is 5.77. The van der Waals surface area contributed by atoms with Crippen LogP contribution in [0, 0.1) is 0 Å². The second kappa shape index (κ2) is 8.83. The number of carbonyl (C=O) groups excluding carboxylic acids is 1. The van der Waals surface area contributed by atoms with Gasteiger partial charge in [-0.15, -0.1) is 6.58 Å². The minimum absolute atomic E-state index is 0.103. The number of amides is 1. The number of benzene rings is 2. The van der Waals surface area contributed by atoms with Crippen LogP contribution in [-0.4, -0.2) is 39.9 Å². The summed E-state index contributed by atoms with van der Waals surface area (Å²) in [5.41, 5.74) is 1.39. The fraction of sp³-hybridized carbons (Fsp3) is 0.250. The molecule has 0 spiro atoms. The molecule has 0 heterocycles. The standard InChI is InChI=1S/C20H24N2O4S/c1-5-14-21-27(24,25)19-12-8-17(9-13-19)20(23)22(3)15(2)16-6-10-18(26-4)11-7-16/h5-13,15,21H,1,14H2,2-4H3. The maximum absolute atomic E-state index is 12.7. The van der Waals surface area contributed by atoms with Gasteiger partial charge in [0.25, 0.3) is 5.91 Å². The lowest BCUT2D eigenvalue weighted by Crippen LogP contribution is -2.29. The Hall–Kier alpha value is -2.64. The van der Waals surface area contributed by atoms with Crippen molar-refractivity contribution in [2.75, 3.05) is 20.7 Å². The van der Waals surface area contributed by atoms with Crippen molar-refractivity contribution in [1.29, 1.82) is 0 Å². The molecule has 27 heavy (non-hydrogen) atoms. The maximum atomic E-state index is 12.7. The van der Waals surface area contributed by atoms with Crippen LogP contribution in [0.3, 0.4) is 0 Å². The molecule has 0 fully saturated rings. The van der Waals surface area contributed by atoms with Crippen molar-refractivity contribution in [3.8, 4) is 5.75 Å². The van der Waals surface area contributed by atoms with Gasteiger partial charge in [0, 0.05) is 19.2 Å². The van der Waals surface area contributed by atoms with Crippen LogP contribution in [0.15, 0.2) is 66.1 Å². The first-order valence-corrected chi connectivity index (χ1v) is 9.90. The van der Waals surface area contributed by atoms with Crippen LogP contribution in [0.5, 0.6) is 5.75 Å². The van der Waals surface area contributed by atoms with Crippen LogP contribution in [0.25, 0.3) is 0 Å². The molecule has 1 unspecified atom stereocenters. The van der Waals surface area contributed by atoms with E-state index < -0.39 is 10.0 Å². The van der Waals surface area contributed by atoms with Crippen LogP contribution in [0.1, 0.15) is 28.9 Å². The molecule has 0 aliphatic heterocycles. The average molecular weight is 388 g/mol. The van der Waals surface area contributed by atoms with Gasteiger partial charge in [-0.25, -0.2) is 13.1 Å². The van der Waals surface area contributed by atoms with Gasteiger partial charge in [-0.05, 0) is 48.9 Å². The van der Waals surface area contributed by atoms with Crippen molar-refractivity contribution in [2.45, 2.75) is 17.9 Å². The van der Waals surface area contributed by atoms with E-state index in [2.05, 4.69) is 11.3 Å². The largest absolute Gasteiger partial charge is 0.497 e. The molecule has 1 amide bonds. The van der Waals surface area contributed by atoms with Crippen molar-refractivity contribution >= 4 is 15.9 Å². The first-order chi connectivity index (χ1) is 12.8. The zero-order valence-corrected chi connectivity index (χ0v) is 16.5. The number of rotatable bonds is 8. The molecule has 0 saturated carbocycles. The van der Waals surface area contributed by atoms with Crippen molar-refractivity contribution in [1.82, 2.24) is 9.62 Å². The zero-order valence-electron chi connectivity index (χ0n) is 15.7. The fourth-order valence-corrected chi connectivity index (χ4v) is 3.51. The summed E-state index contributed by atoms with van der Waals surface area (Å²) < 4.78 is 31.7. The van der Waals surface area contributed by atoms with Gasteiger partial charge < -0.3 is 9.64 Å². The third-order valence-electron chi connectivity index (χ3n) is 4.33. The number of hydrogen-bond acceptors (Lipinski definition) is 4. The molecule has 2 rings (SSSR count). The highest BCUT2D eigenvalue weighted by atomic mass is 32.2. The van der Waals surface area contributed by atoms with E-state index in [1.165, 1.54) is 30.3 Å². The molecule has 0 aromatic heterocycles. The molecular formula is C20H24N2O4S. The zero-order chi connectivity index (χ0) is 20.0. The highest BCUT2D eigenvalue weighted by molar-refractivity contribution is 7.89. The second-order valence-electron chi connectivity index (χ2n) is 6.03. The van der Waals surface area contributed by atoms with Crippen molar-refractivity contribution in [3.63, 3.8) is 0 Å². The van der Waals surface area contributed by atoms with Crippen LogP contribution >= 0.6 is 0 Å². The first-order valence-electron chi connectivity index (χ1n) is 8.42. The van der Waals surface area contributed by atoms with Crippen LogP contribution < -0.4 is 9.46 Å². The summed E-state index contributed by atoms with van der Waals surface area (Å²) in [6, 6.07) is 13.2. The summed E-state index contributed by atoms with van der Waals surface area (Å²) in [4.78, 5) is 14.5. The van der Waals surface area contributed by atoms with Crippen LogP contribution in [0.2, 0.25) is 0 Å². The second-order valence-corrected chi connectivity index (χ2v) is 7.80. The lowest BCUT2D eigenvalue weighted by Gasteiger charge is -2.25. The predicted octanol–water partition coefficient (Wildman–Crippen LogP) is 2.99. The Morgan fingerprint density at radius 3 is 2.30 bits per heavy atom. The molecular weight excluding hydrogens is 364 g/mol. The van der Waals surface area contributed by atoms with Gasteiger partial charge in [0.2, 0.25) is 10.0 Å². The van der Waals surface area contributed by atoms with Crippen molar-refractivity contribution in [3.05, 3.63) is 72.3 Å². The van der Waals surface area contributed by atoms with Crippen molar-refractivity contribution < 1.29 is 17.9 Å². The van der Waals surface area contributed by atoms with Gasteiger partial charge in [0.15, 0.2) is 0 Å². The van der Waals surface area contributed by atoms with E-state index in [4.69, 9.17) is 4.74 Å². The Labute approximate surface area is 160 Å². The fourth-order valence-electron chi connectivity index (χ4n) is 2.51. The monoisotopic (exact) mass is 388 g/mol. The number of nitrogens with one attached hydrogen (secondary N) is 1. The molecule has 2 aromatic carbocycles. The minimum atomic E-state index is -3.61. The summed E-state index contributed by atoms with van der Waals surface area (Å²) in [6.45, 7) is 5.55. The Balaban J connectivity index is 2.15. The van der Waals surface area contributed by atoms with E-state index in [0.29, 0.717) is 5.56 Å². The molecule has 144 valence electrons. The number of ether oxygens (including phenoxy) is 1. The average Bonchev–Trinajstić information content (AvgIpc) is 2.70. The number of hydrogen-bond donors (Lipinski definition) is 1. The smallest absolute Gasteiger partial charge is 0.254 e. The van der Waals surface area contributed by atoms with E-state index in [0.717, 1.165) is 11.3 Å². The van der Waals surface area contributed by atoms with E-state index in [1.54, 1.807) is 19.1 Å². The van der Waals surface area contributed by atoms with Crippen molar-refractivity contribution in [2.24, 2.45) is 0 Å². The summed E-state index contributed by atoms with van der Waals surface area (Å²) in [5.74, 6) is 0.558.